The first kappa shape index (κ1) is 16.4. The quantitative estimate of drug-likeness (QED) is 0.929. The Labute approximate surface area is 131 Å². The molecule has 1 saturated heterocycles. The molecular formula is C16H25N3O3. The molecule has 122 valence electrons. The van der Waals surface area contributed by atoms with E-state index in [0.29, 0.717) is 37.2 Å². The number of likely N-dealkylation sites (tertiary alicyclic amines) is 1. The number of hydrogen-bond acceptors (Lipinski definition) is 5. The molecular weight excluding hydrogens is 282 g/mol. The second-order valence-electron chi connectivity index (χ2n) is 6.65. The third kappa shape index (κ3) is 5.09. The summed E-state index contributed by atoms with van der Waals surface area (Å²) in [6.45, 7) is 7.64. The van der Waals surface area contributed by atoms with Gasteiger partial charge in [-0.1, -0.05) is 0 Å². The van der Waals surface area contributed by atoms with Crippen LogP contribution >= 0.6 is 0 Å². The van der Waals surface area contributed by atoms with Crippen LogP contribution in [0.5, 0.6) is 5.88 Å². The van der Waals surface area contributed by atoms with Gasteiger partial charge in [-0.25, -0.2) is 9.78 Å². The first-order valence-electron chi connectivity index (χ1n) is 7.66. The summed E-state index contributed by atoms with van der Waals surface area (Å²) in [5, 5.41) is 0. The number of carbonyl (C=O) groups excluding carboxylic acids is 1. The van der Waals surface area contributed by atoms with Gasteiger partial charge in [0.25, 0.3) is 0 Å². The number of hydrogen-bond donors (Lipinski definition) is 1. The van der Waals surface area contributed by atoms with Gasteiger partial charge >= 0.3 is 6.09 Å². The van der Waals surface area contributed by atoms with Crippen molar-refractivity contribution in [3.63, 3.8) is 0 Å². The Hall–Kier alpha value is -1.98. The Morgan fingerprint density at radius 2 is 2.09 bits per heavy atom. The molecule has 0 saturated carbocycles. The fourth-order valence-corrected chi connectivity index (χ4v) is 2.32. The molecule has 0 radical (unpaired) electrons. The van der Waals surface area contributed by atoms with E-state index in [9.17, 15) is 4.79 Å². The van der Waals surface area contributed by atoms with Crippen LogP contribution in [-0.2, 0) is 4.74 Å². The molecule has 0 aromatic carbocycles. The molecule has 1 aromatic heterocycles. The zero-order valence-corrected chi connectivity index (χ0v) is 13.5. The molecule has 1 aliphatic heterocycles. The first-order valence-corrected chi connectivity index (χ1v) is 7.66. The fraction of sp³-hybridized carbons (Fsp3) is 0.625. The van der Waals surface area contributed by atoms with E-state index in [-0.39, 0.29) is 6.09 Å². The van der Waals surface area contributed by atoms with Crippen molar-refractivity contribution >= 4 is 11.8 Å². The number of aromatic nitrogens is 1. The van der Waals surface area contributed by atoms with Crippen molar-refractivity contribution in [3.8, 4) is 5.88 Å². The van der Waals surface area contributed by atoms with Crippen LogP contribution in [-0.4, -0.2) is 41.3 Å². The number of amides is 1. The number of nitrogens with two attached hydrogens (primary N) is 1. The van der Waals surface area contributed by atoms with Crippen LogP contribution in [0.2, 0.25) is 0 Å². The van der Waals surface area contributed by atoms with Crippen molar-refractivity contribution in [2.45, 2.75) is 39.2 Å². The number of pyridine rings is 1. The summed E-state index contributed by atoms with van der Waals surface area (Å²) in [5.74, 6) is 0.969. The lowest BCUT2D eigenvalue weighted by molar-refractivity contribution is 0.0164. The average Bonchev–Trinajstić information content (AvgIpc) is 2.44. The number of ether oxygens (including phenoxy) is 2. The summed E-state index contributed by atoms with van der Waals surface area (Å²) in [6, 6.07) is 3.45. The van der Waals surface area contributed by atoms with Crippen molar-refractivity contribution in [3.05, 3.63) is 18.3 Å². The highest BCUT2D eigenvalue weighted by Gasteiger charge is 2.27. The molecule has 0 atom stereocenters. The SMILES string of the molecule is CC(C)(C)OC(=O)N1CCC(COc2cc(N)ccn2)CC1. The molecule has 6 nitrogen and oxygen atoms in total. The van der Waals surface area contributed by atoms with E-state index < -0.39 is 5.60 Å². The Kier molecular flexibility index (Phi) is 5.11. The zero-order valence-electron chi connectivity index (χ0n) is 13.5. The van der Waals surface area contributed by atoms with Crippen molar-refractivity contribution in [2.75, 3.05) is 25.4 Å². The molecule has 1 aromatic rings. The molecule has 0 aliphatic carbocycles. The first-order chi connectivity index (χ1) is 10.3. The smallest absolute Gasteiger partial charge is 0.410 e. The molecule has 2 rings (SSSR count). The van der Waals surface area contributed by atoms with E-state index in [2.05, 4.69) is 4.98 Å². The molecule has 22 heavy (non-hydrogen) atoms. The number of rotatable bonds is 3. The maximum atomic E-state index is 12.0. The molecule has 0 spiro atoms. The monoisotopic (exact) mass is 307 g/mol. The van der Waals surface area contributed by atoms with Crippen molar-refractivity contribution < 1.29 is 14.3 Å². The standard InChI is InChI=1S/C16H25N3O3/c1-16(2,3)22-15(20)19-8-5-12(6-9-19)11-21-14-10-13(17)4-7-18-14/h4,7,10,12H,5-6,8-9,11H2,1-3H3,(H2,17,18). The van der Waals surface area contributed by atoms with Crippen LogP contribution < -0.4 is 10.5 Å². The third-order valence-corrected chi connectivity index (χ3v) is 3.49. The summed E-state index contributed by atoms with van der Waals surface area (Å²) in [5.41, 5.74) is 5.89. The average molecular weight is 307 g/mol. The van der Waals surface area contributed by atoms with Crippen LogP contribution in [0.25, 0.3) is 0 Å². The second kappa shape index (κ2) is 6.85. The minimum Gasteiger partial charge on any atom is -0.477 e. The molecule has 1 amide bonds. The molecule has 2 heterocycles. The van der Waals surface area contributed by atoms with Crippen LogP contribution in [0.3, 0.4) is 0 Å². The summed E-state index contributed by atoms with van der Waals surface area (Å²) in [7, 11) is 0. The highest BCUT2D eigenvalue weighted by molar-refractivity contribution is 5.68. The van der Waals surface area contributed by atoms with Crippen LogP contribution in [0.1, 0.15) is 33.6 Å². The Morgan fingerprint density at radius 3 is 2.68 bits per heavy atom. The minimum atomic E-state index is -0.448. The summed E-state index contributed by atoms with van der Waals surface area (Å²) in [6.07, 6.45) is 3.21. The largest absolute Gasteiger partial charge is 0.477 e. The van der Waals surface area contributed by atoms with Gasteiger partial charge in [-0.05, 0) is 45.6 Å². The van der Waals surface area contributed by atoms with Gasteiger partial charge in [0.1, 0.15) is 5.60 Å². The number of anilines is 1. The van der Waals surface area contributed by atoms with E-state index >= 15 is 0 Å². The van der Waals surface area contributed by atoms with E-state index in [4.69, 9.17) is 15.2 Å². The molecule has 1 fully saturated rings. The van der Waals surface area contributed by atoms with Crippen molar-refractivity contribution in [1.82, 2.24) is 9.88 Å². The lowest BCUT2D eigenvalue weighted by Gasteiger charge is -2.33. The normalized spacial score (nSPS) is 16.4. The van der Waals surface area contributed by atoms with E-state index in [1.54, 1.807) is 23.2 Å². The molecule has 0 bridgehead atoms. The lowest BCUT2D eigenvalue weighted by Crippen LogP contribution is -2.42. The fourth-order valence-electron chi connectivity index (χ4n) is 2.32. The number of piperidine rings is 1. The summed E-state index contributed by atoms with van der Waals surface area (Å²) in [4.78, 5) is 17.9. The van der Waals surface area contributed by atoms with Crippen LogP contribution in [0, 0.1) is 5.92 Å². The second-order valence-corrected chi connectivity index (χ2v) is 6.65. The van der Waals surface area contributed by atoms with Gasteiger partial charge in [-0.15, -0.1) is 0 Å². The number of nitrogen functional groups attached to an aromatic ring is 1. The lowest BCUT2D eigenvalue weighted by atomic mass is 9.98. The number of nitrogens with zero attached hydrogens (tertiary/aromatic N) is 2. The Balaban J connectivity index is 1.74. The Morgan fingerprint density at radius 1 is 1.41 bits per heavy atom. The highest BCUT2D eigenvalue weighted by atomic mass is 16.6. The van der Waals surface area contributed by atoms with Gasteiger partial charge in [0, 0.05) is 31.0 Å². The number of carbonyl (C=O) groups is 1. The molecule has 2 N–H and O–H groups in total. The van der Waals surface area contributed by atoms with E-state index in [1.165, 1.54) is 0 Å². The van der Waals surface area contributed by atoms with Gasteiger partial charge in [-0.2, -0.15) is 0 Å². The van der Waals surface area contributed by atoms with E-state index in [0.717, 1.165) is 12.8 Å². The topological polar surface area (TPSA) is 77.7 Å². The summed E-state index contributed by atoms with van der Waals surface area (Å²) >= 11 is 0. The predicted octanol–water partition coefficient (Wildman–Crippen LogP) is 2.69. The minimum absolute atomic E-state index is 0.232. The maximum absolute atomic E-state index is 12.0. The maximum Gasteiger partial charge on any atom is 0.410 e. The van der Waals surface area contributed by atoms with Crippen molar-refractivity contribution in [2.24, 2.45) is 5.92 Å². The van der Waals surface area contributed by atoms with Crippen molar-refractivity contribution in [1.29, 1.82) is 0 Å². The third-order valence-electron chi connectivity index (χ3n) is 3.49. The van der Waals surface area contributed by atoms with Gasteiger partial charge < -0.3 is 20.1 Å². The molecule has 0 unspecified atom stereocenters. The molecule has 1 aliphatic rings. The molecule has 6 heteroatoms. The Bertz CT molecular complexity index is 506. The van der Waals surface area contributed by atoms with Crippen LogP contribution in [0.15, 0.2) is 18.3 Å². The van der Waals surface area contributed by atoms with Gasteiger partial charge in [0.05, 0.1) is 6.61 Å². The summed E-state index contributed by atoms with van der Waals surface area (Å²) < 4.78 is 11.1. The van der Waals surface area contributed by atoms with Gasteiger partial charge in [0.15, 0.2) is 0 Å². The van der Waals surface area contributed by atoms with Gasteiger partial charge in [0.2, 0.25) is 5.88 Å². The van der Waals surface area contributed by atoms with Gasteiger partial charge in [-0.3, -0.25) is 0 Å². The highest BCUT2D eigenvalue weighted by Crippen LogP contribution is 2.21. The van der Waals surface area contributed by atoms with E-state index in [1.807, 2.05) is 20.8 Å². The van der Waals surface area contributed by atoms with Crippen LogP contribution in [0.4, 0.5) is 10.5 Å². The zero-order chi connectivity index (χ0) is 16.2. The predicted molar refractivity (Wildman–Crippen MR) is 84.7 cm³/mol.